The number of ether oxygens (including phenoxy) is 1. The molecule has 0 fully saturated rings. The molecular formula is C35H44O4. The fraction of sp³-hybridized carbons (Fsp3) is 0.514. The van der Waals surface area contributed by atoms with E-state index >= 15 is 0 Å². The van der Waals surface area contributed by atoms with Crippen LogP contribution in [0.1, 0.15) is 119 Å². The molecule has 208 valence electrons. The summed E-state index contributed by atoms with van der Waals surface area (Å²) in [5.41, 5.74) is 4.92. The van der Waals surface area contributed by atoms with Gasteiger partial charge in [0.05, 0.1) is 6.42 Å². The number of fused-ring (bicyclic) bond motifs is 1. The molecule has 5 atom stereocenters. The number of hydrogen-bond donors (Lipinski definition) is 2. The highest BCUT2D eigenvalue weighted by Crippen LogP contribution is 2.58. The first kappa shape index (κ1) is 27.6. The Hall–Kier alpha value is -3.01. The van der Waals surface area contributed by atoms with Crippen molar-refractivity contribution in [3.63, 3.8) is 0 Å². The van der Waals surface area contributed by atoms with Crippen LogP contribution in [0, 0.1) is 23.7 Å². The summed E-state index contributed by atoms with van der Waals surface area (Å²) in [5.74, 6) is 1.31. The second-order valence-electron chi connectivity index (χ2n) is 12.8. The standard InChI is InChI=1S/C35H44O4/c1-19(2)24-14-12-21(5)16-26(24)30-33(37)31(27-17-22(6)13-15-25(27)20(3)4)35-32(34(30)38)28(36)18-29(39-35)23-10-8-7-9-11-23/h7-11,16-17,19-20,24-27,29,37-38H,12-15,18H2,1-6H3. The van der Waals surface area contributed by atoms with Gasteiger partial charge in [-0.2, -0.15) is 0 Å². The van der Waals surface area contributed by atoms with Crippen LogP contribution in [0.5, 0.6) is 17.2 Å². The van der Waals surface area contributed by atoms with Crippen molar-refractivity contribution < 1.29 is 19.7 Å². The van der Waals surface area contributed by atoms with Crippen LogP contribution in [-0.2, 0) is 0 Å². The van der Waals surface area contributed by atoms with Crippen LogP contribution < -0.4 is 4.74 Å². The molecule has 1 heterocycles. The van der Waals surface area contributed by atoms with Crippen molar-refractivity contribution in [1.29, 1.82) is 0 Å². The zero-order chi connectivity index (χ0) is 28.0. The van der Waals surface area contributed by atoms with Gasteiger partial charge in [-0.05, 0) is 68.8 Å². The molecule has 4 nitrogen and oxygen atoms in total. The van der Waals surface area contributed by atoms with Gasteiger partial charge in [0.25, 0.3) is 0 Å². The lowest BCUT2D eigenvalue weighted by Crippen LogP contribution is -2.27. The Bertz CT molecular complexity index is 1300. The van der Waals surface area contributed by atoms with Crippen LogP contribution in [0.15, 0.2) is 53.6 Å². The minimum absolute atomic E-state index is 0.0954. The van der Waals surface area contributed by atoms with Gasteiger partial charge < -0.3 is 14.9 Å². The van der Waals surface area contributed by atoms with E-state index in [1.807, 2.05) is 30.3 Å². The average Bonchev–Trinajstić information content (AvgIpc) is 2.88. The lowest BCUT2D eigenvalue weighted by molar-refractivity contribution is 0.0839. The van der Waals surface area contributed by atoms with Gasteiger partial charge in [0, 0.05) is 23.0 Å². The number of benzene rings is 2. The number of Topliss-reactive ketones (excluding diaryl/α,β-unsaturated/α-hetero) is 1. The summed E-state index contributed by atoms with van der Waals surface area (Å²) in [6, 6.07) is 9.79. The molecule has 2 aromatic rings. The third kappa shape index (κ3) is 5.03. The Labute approximate surface area is 233 Å². The van der Waals surface area contributed by atoms with E-state index in [0.717, 1.165) is 31.2 Å². The number of ketones is 1. The Balaban J connectivity index is 1.79. The topological polar surface area (TPSA) is 66.8 Å². The van der Waals surface area contributed by atoms with Crippen molar-refractivity contribution in [3.05, 3.63) is 75.9 Å². The maximum absolute atomic E-state index is 13.9. The number of phenols is 2. The van der Waals surface area contributed by atoms with Crippen LogP contribution in [0.2, 0.25) is 0 Å². The minimum Gasteiger partial charge on any atom is -0.507 e. The van der Waals surface area contributed by atoms with Gasteiger partial charge in [-0.1, -0.05) is 81.3 Å². The summed E-state index contributed by atoms with van der Waals surface area (Å²) < 4.78 is 6.65. The van der Waals surface area contributed by atoms with E-state index in [2.05, 4.69) is 53.7 Å². The summed E-state index contributed by atoms with van der Waals surface area (Å²) in [6.07, 6.45) is 8.23. The van der Waals surface area contributed by atoms with Gasteiger partial charge in [0.2, 0.25) is 0 Å². The van der Waals surface area contributed by atoms with Gasteiger partial charge in [-0.3, -0.25) is 4.79 Å². The Morgan fingerprint density at radius 1 is 0.795 bits per heavy atom. The third-order valence-electron chi connectivity index (χ3n) is 9.53. The molecule has 5 rings (SSSR count). The summed E-state index contributed by atoms with van der Waals surface area (Å²) in [5, 5.41) is 24.1. The lowest BCUT2D eigenvalue weighted by atomic mass is 9.68. The SMILES string of the molecule is CC1=CC(c2c(O)c3c(c(C4C=C(C)CCC4C(C)C)c2O)OC(c2ccccc2)CC3=O)C(C(C)C)CC1. The second kappa shape index (κ2) is 10.9. The molecule has 3 aliphatic rings. The van der Waals surface area contributed by atoms with Crippen molar-refractivity contribution in [2.75, 3.05) is 0 Å². The molecule has 5 unspecified atom stereocenters. The normalized spacial score (nSPS) is 27.2. The molecule has 2 N–H and O–H groups in total. The smallest absolute Gasteiger partial charge is 0.174 e. The predicted molar refractivity (Wildman–Crippen MR) is 157 cm³/mol. The van der Waals surface area contributed by atoms with Crippen molar-refractivity contribution in [2.24, 2.45) is 23.7 Å². The zero-order valence-corrected chi connectivity index (χ0v) is 24.3. The Kier molecular flexibility index (Phi) is 7.68. The van der Waals surface area contributed by atoms with Crippen LogP contribution in [0.4, 0.5) is 0 Å². The Morgan fingerprint density at radius 2 is 1.33 bits per heavy atom. The molecular weight excluding hydrogens is 484 g/mol. The van der Waals surface area contributed by atoms with Crippen molar-refractivity contribution in [2.45, 2.75) is 91.6 Å². The van der Waals surface area contributed by atoms with Crippen molar-refractivity contribution in [1.82, 2.24) is 0 Å². The van der Waals surface area contributed by atoms with E-state index in [1.54, 1.807) is 0 Å². The zero-order valence-electron chi connectivity index (χ0n) is 24.3. The van der Waals surface area contributed by atoms with Crippen molar-refractivity contribution >= 4 is 5.78 Å². The van der Waals surface area contributed by atoms with Crippen LogP contribution >= 0.6 is 0 Å². The summed E-state index contributed by atoms with van der Waals surface area (Å²) in [4.78, 5) is 13.9. The molecule has 1 aliphatic heterocycles. The summed E-state index contributed by atoms with van der Waals surface area (Å²) in [7, 11) is 0. The molecule has 0 radical (unpaired) electrons. The van der Waals surface area contributed by atoms with Gasteiger partial charge in [0.15, 0.2) is 5.78 Å². The maximum Gasteiger partial charge on any atom is 0.174 e. The van der Waals surface area contributed by atoms with Gasteiger partial charge in [-0.15, -0.1) is 0 Å². The fourth-order valence-electron chi connectivity index (χ4n) is 7.32. The minimum atomic E-state index is -0.457. The lowest BCUT2D eigenvalue weighted by Gasteiger charge is -2.39. The quantitative estimate of drug-likeness (QED) is 0.380. The largest absolute Gasteiger partial charge is 0.507 e. The molecule has 0 aromatic heterocycles. The van der Waals surface area contributed by atoms with Crippen LogP contribution in [-0.4, -0.2) is 16.0 Å². The number of hydrogen-bond acceptors (Lipinski definition) is 4. The monoisotopic (exact) mass is 528 g/mol. The average molecular weight is 529 g/mol. The summed E-state index contributed by atoms with van der Waals surface area (Å²) in [6.45, 7) is 13.2. The van der Waals surface area contributed by atoms with E-state index in [4.69, 9.17) is 4.74 Å². The molecule has 0 amide bonds. The van der Waals surface area contributed by atoms with E-state index in [1.165, 1.54) is 11.1 Å². The van der Waals surface area contributed by atoms with Gasteiger partial charge in [-0.25, -0.2) is 0 Å². The predicted octanol–water partition coefficient (Wildman–Crippen LogP) is 9.00. The first-order chi connectivity index (χ1) is 18.6. The number of carbonyl (C=O) groups is 1. The molecule has 2 aliphatic carbocycles. The molecule has 0 saturated carbocycles. The number of allylic oxidation sites excluding steroid dienone is 4. The van der Waals surface area contributed by atoms with E-state index in [-0.39, 0.29) is 47.0 Å². The first-order valence-electron chi connectivity index (χ1n) is 14.8. The second-order valence-corrected chi connectivity index (χ2v) is 12.8. The van der Waals surface area contributed by atoms with Gasteiger partial charge >= 0.3 is 0 Å². The molecule has 0 spiro atoms. The highest BCUT2D eigenvalue weighted by molar-refractivity contribution is 6.04. The summed E-state index contributed by atoms with van der Waals surface area (Å²) >= 11 is 0. The number of carbonyl (C=O) groups excluding carboxylic acids is 1. The third-order valence-corrected chi connectivity index (χ3v) is 9.53. The molecule has 4 heteroatoms. The van der Waals surface area contributed by atoms with Crippen LogP contribution in [0.25, 0.3) is 0 Å². The number of phenolic OH excluding ortho intramolecular Hbond substituents is 2. The molecule has 0 bridgehead atoms. The molecule has 2 aromatic carbocycles. The highest BCUT2D eigenvalue weighted by Gasteiger charge is 2.43. The van der Waals surface area contributed by atoms with Crippen LogP contribution in [0.3, 0.4) is 0 Å². The fourth-order valence-corrected chi connectivity index (χ4v) is 7.32. The van der Waals surface area contributed by atoms with Gasteiger partial charge in [0.1, 0.15) is 28.9 Å². The maximum atomic E-state index is 13.9. The Morgan fingerprint density at radius 3 is 1.87 bits per heavy atom. The first-order valence-corrected chi connectivity index (χ1v) is 14.8. The molecule has 0 saturated heterocycles. The highest BCUT2D eigenvalue weighted by atomic mass is 16.5. The molecule has 39 heavy (non-hydrogen) atoms. The number of aromatic hydroxyl groups is 2. The van der Waals surface area contributed by atoms with Crippen molar-refractivity contribution in [3.8, 4) is 17.2 Å². The van der Waals surface area contributed by atoms with E-state index in [9.17, 15) is 15.0 Å². The van der Waals surface area contributed by atoms with E-state index in [0.29, 0.717) is 34.6 Å². The number of rotatable bonds is 5. The van der Waals surface area contributed by atoms with E-state index < -0.39 is 6.10 Å².